The van der Waals surface area contributed by atoms with Crippen LogP contribution in [-0.2, 0) is 15.7 Å². The molecule has 0 aliphatic carbocycles. The highest BCUT2D eigenvalue weighted by Crippen LogP contribution is 2.31. The van der Waals surface area contributed by atoms with Gasteiger partial charge in [-0.1, -0.05) is 5.92 Å². The molecule has 96 valence electrons. The molecule has 1 rings (SSSR count). The maximum absolute atomic E-state index is 12.4. The van der Waals surface area contributed by atoms with Crippen molar-refractivity contribution in [2.45, 2.75) is 6.18 Å². The first-order chi connectivity index (χ1) is 8.38. The molecule has 0 aliphatic rings. The topological polar surface area (TPSA) is 64.3 Å². The van der Waals surface area contributed by atoms with E-state index in [1.54, 1.807) is 0 Å². The number of nitrogens with one attached hydrogen (secondary N) is 1. The number of ether oxygens (including phenoxy) is 1. The maximum Gasteiger partial charge on any atom is 0.416 e. The maximum atomic E-state index is 12.4. The van der Waals surface area contributed by atoms with E-state index in [-0.39, 0.29) is 11.3 Å². The van der Waals surface area contributed by atoms with Crippen LogP contribution in [0, 0.1) is 11.8 Å². The molecule has 0 saturated heterocycles. The molecule has 7 heteroatoms. The molecule has 0 unspecified atom stereocenters. The zero-order chi connectivity index (χ0) is 13.8. The van der Waals surface area contributed by atoms with Crippen molar-refractivity contribution in [2.75, 3.05) is 12.5 Å². The van der Waals surface area contributed by atoms with E-state index in [9.17, 15) is 18.0 Å². The number of anilines is 1. The van der Waals surface area contributed by atoms with Gasteiger partial charge in [0.15, 0.2) is 0 Å². The number of methoxy groups -OCH3 is 1. The fraction of sp³-hybridized carbons (Fsp3) is 0.182. The van der Waals surface area contributed by atoms with Gasteiger partial charge in [0.05, 0.1) is 18.4 Å². The standard InChI is InChI=1S/C11H9F3N2O2/c1-18-10(17)5-3-7-2-4-8(11(12,13)14)6-9(7)16-15/h2,4,6,16H,15H2,1H3. The number of nitrogen functional groups attached to an aromatic ring is 1. The predicted octanol–water partition coefficient (Wildman–Crippen LogP) is 1.52. The fourth-order valence-corrected chi connectivity index (χ4v) is 1.12. The van der Waals surface area contributed by atoms with Crippen LogP contribution in [0.2, 0.25) is 0 Å². The lowest BCUT2D eigenvalue weighted by molar-refractivity contribution is -0.137. The van der Waals surface area contributed by atoms with Crippen LogP contribution in [0.25, 0.3) is 0 Å². The zero-order valence-electron chi connectivity index (χ0n) is 9.26. The third-order valence-corrected chi connectivity index (χ3v) is 1.99. The number of esters is 1. The summed E-state index contributed by atoms with van der Waals surface area (Å²) in [6.45, 7) is 0. The molecule has 0 aliphatic heterocycles. The zero-order valence-corrected chi connectivity index (χ0v) is 9.26. The van der Waals surface area contributed by atoms with Gasteiger partial charge in [0.2, 0.25) is 0 Å². The van der Waals surface area contributed by atoms with Crippen LogP contribution in [0.15, 0.2) is 18.2 Å². The average Bonchev–Trinajstić information content (AvgIpc) is 2.34. The molecule has 0 amide bonds. The van der Waals surface area contributed by atoms with E-state index >= 15 is 0 Å². The molecular weight excluding hydrogens is 249 g/mol. The van der Waals surface area contributed by atoms with Gasteiger partial charge in [-0.2, -0.15) is 13.2 Å². The summed E-state index contributed by atoms with van der Waals surface area (Å²) in [6.07, 6.45) is -4.47. The van der Waals surface area contributed by atoms with Gasteiger partial charge in [-0.05, 0) is 18.2 Å². The van der Waals surface area contributed by atoms with Crippen LogP contribution in [0.3, 0.4) is 0 Å². The van der Waals surface area contributed by atoms with E-state index < -0.39 is 17.7 Å². The highest BCUT2D eigenvalue weighted by molar-refractivity contribution is 5.89. The molecule has 0 spiro atoms. The van der Waals surface area contributed by atoms with E-state index in [1.165, 1.54) is 0 Å². The van der Waals surface area contributed by atoms with E-state index in [2.05, 4.69) is 22.0 Å². The van der Waals surface area contributed by atoms with Gasteiger partial charge in [0, 0.05) is 11.5 Å². The molecule has 0 radical (unpaired) electrons. The molecule has 1 aromatic rings. The molecule has 0 aromatic heterocycles. The molecule has 1 aromatic carbocycles. The van der Waals surface area contributed by atoms with Crippen LogP contribution >= 0.6 is 0 Å². The average molecular weight is 258 g/mol. The first kappa shape index (κ1) is 13.9. The lowest BCUT2D eigenvalue weighted by atomic mass is 10.1. The molecule has 4 nitrogen and oxygen atoms in total. The van der Waals surface area contributed by atoms with Crippen molar-refractivity contribution in [3.63, 3.8) is 0 Å². The quantitative estimate of drug-likeness (QED) is 0.347. The van der Waals surface area contributed by atoms with Crippen LogP contribution in [0.1, 0.15) is 11.1 Å². The van der Waals surface area contributed by atoms with Gasteiger partial charge in [-0.25, -0.2) is 4.79 Å². The van der Waals surface area contributed by atoms with Crippen molar-refractivity contribution in [2.24, 2.45) is 5.84 Å². The number of hydrogen-bond donors (Lipinski definition) is 2. The van der Waals surface area contributed by atoms with E-state index in [0.717, 1.165) is 25.3 Å². The summed E-state index contributed by atoms with van der Waals surface area (Å²) < 4.78 is 41.6. The fourth-order valence-electron chi connectivity index (χ4n) is 1.12. The molecule has 0 heterocycles. The van der Waals surface area contributed by atoms with Crippen molar-refractivity contribution in [1.82, 2.24) is 0 Å². The number of hydrogen-bond acceptors (Lipinski definition) is 4. The van der Waals surface area contributed by atoms with E-state index in [0.29, 0.717) is 0 Å². The monoisotopic (exact) mass is 258 g/mol. The van der Waals surface area contributed by atoms with Crippen LogP contribution in [0.4, 0.5) is 18.9 Å². The first-order valence-electron chi connectivity index (χ1n) is 4.66. The molecule has 3 N–H and O–H groups in total. The summed E-state index contributed by atoms with van der Waals surface area (Å²) in [4.78, 5) is 10.8. The molecule has 0 bridgehead atoms. The van der Waals surface area contributed by atoms with Crippen molar-refractivity contribution < 1.29 is 22.7 Å². The van der Waals surface area contributed by atoms with Crippen molar-refractivity contribution in [3.8, 4) is 11.8 Å². The highest BCUT2D eigenvalue weighted by Gasteiger charge is 2.30. The lowest BCUT2D eigenvalue weighted by Crippen LogP contribution is -2.11. The number of halogens is 3. The SMILES string of the molecule is COC(=O)C#Cc1ccc(C(F)(F)F)cc1NN. The Hall–Kier alpha value is -2.20. The third kappa shape index (κ3) is 3.40. The van der Waals surface area contributed by atoms with Crippen molar-refractivity contribution in [1.29, 1.82) is 0 Å². The summed E-state index contributed by atoms with van der Waals surface area (Å²) in [5.41, 5.74) is 1.37. The summed E-state index contributed by atoms with van der Waals surface area (Å²) in [7, 11) is 1.14. The largest absolute Gasteiger partial charge is 0.459 e. The molecule has 18 heavy (non-hydrogen) atoms. The molecule has 0 saturated carbocycles. The Morgan fingerprint density at radius 1 is 1.44 bits per heavy atom. The van der Waals surface area contributed by atoms with Gasteiger partial charge in [-0.15, -0.1) is 0 Å². The third-order valence-electron chi connectivity index (χ3n) is 1.99. The van der Waals surface area contributed by atoms with Crippen LogP contribution in [0.5, 0.6) is 0 Å². The second kappa shape index (κ2) is 5.42. The van der Waals surface area contributed by atoms with Gasteiger partial charge in [0.1, 0.15) is 0 Å². The van der Waals surface area contributed by atoms with E-state index in [1.807, 2.05) is 0 Å². The minimum atomic E-state index is -4.47. The summed E-state index contributed by atoms with van der Waals surface area (Å²) in [5.74, 6) is 8.76. The number of rotatable bonds is 1. The second-order valence-electron chi connectivity index (χ2n) is 3.14. The predicted molar refractivity (Wildman–Crippen MR) is 58.1 cm³/mol. The Balaban J connectivity index is 3.15. The Kier molecular flexibility index (Phi) is 4.18. The van der Waals surface area contributed by atoms with Gasteiger partial charge in [-0.3, -0.25) is 5.84 Å². The number of alkyl halides is 3. The van der Waals surface area contributed by atoms with Gasteiger partial charge in [0.25, 0.3) is 0 Å². The summed E-state index contributed by atoms with van der Waals surface area (Å²) in [6, 6.07) is 2.78. The summed E-state index contributed by atoms with van der Waals surface area (Å²) in [5, 5.41) is 0. The smallest absolute Gasteiger partial charge is 0.416 e. The van der Waals surface area contributed by atoms with Crippen molar-refractivity contribution in [3.05, 3.63) is 29.3 Å². The number of nitrogens with two attached hydrogens (primary N) is 1. The summed E-state index contributed by atoms with van der Waals surface area (Å²) >= 11 is 0. The highest BCUT2D eigenvalue weighted by atomic mass is 19.4. The van der Waals surface area contributed by atoms with Gasteiger partial charge >= 0.3 is 12.1 Å². The minimum Gasteiger partial charge on any atom is -0.459 e. The first-order valence-corrected chi connectivity index (χ1v) is 4.66. The molecular formula is C11H9F3N2O2. The van der Waals surface area contributed by atoms with E-state index in [4.69, 9.17) is 5.84 Å². The normalized spacial score (nSPS) is 10.3. The second-order valence-corrected chi connectivity index (χ2v) is 3.14. The number of hydrazine groups is 1. The Morgan fingerprint density at radius 2 is 2.11 bits per heavy atom. The Labute approximate surface area is 101 Å². The lowest BCUT2D eigenvalue weighted by Gasteiger charge is -2.09. The number of carbonyl (C=O) groups excluding carboxylic acids is 1. The molecule has 0 fully saturated rings. The van der Waals surface area contributed by atoms with Crippen LogP contribution < -0.4 is 11.3 Å². The Bertz CT molecular complexity index is 515. The van der Waals surface area contributed by atoms with Gasteiger partial charge < -0.3 is 10.2 Å². The molecule has 0 atom stereocenters. The Morgan fingerprint density at radius 3 is 2.61 bits per heavy atom. The minimum absolute atomic E-state index is 0.0266. The van der Waals surface area contributed by atoms with Crippen LogP contribution in [-0.4, -0.2) is 13.1 Å². The number of carbonyl (C=O) groups is 1. The van der Waals surface area contributed by atoms with Crippen molar-refractivity contribution >= 4 is 11.7 Å². The number of benzene rings is 1.